The Balaban J connectivity index is 2.03. The van der Waals surface area contributed by atoms with Crippen molar-refractivity contribution in [3.05, 3.63) is 33.7 Å². The Morgan fingerprint density at radius 2 is 2.06 bits per heavy atom. The Morgan fingerprint density at radius 1 is 1.39 bits per heavy atom. The summed E-state index contributed by atoms with van der Waals surface area (Å²) in [5, 5.41) is 0.467. The van der Waals surface area contributed by atoms with E-state index >= 15 is 0 Å². The summed E-state index contributed by atoms with van der Waals surface area (Å²) in [6, 6.07) is 2.92. The lowest BCUT2D eigenvalue weighted by molar-refractivity contribution is -0.133. The van der Waals surface area contributed by atoms with Gasteiger partial charge in [0.2, 0.25) is 5.91 Å². The van der Waals surface area contributed by atoms with Gasteiger partial charge in [-0.15, -0.1) is 0 Å². The summed E-state index contributed by atoms with van der Waals surface area (Å²) in [6.45, 7) is 3.85. The van der Waals surface area contributed by atoms with Crippen LogP contribution in [0.1, 0.15) is 19.8 Å². The molecular weight excluding hydrogens is 252 g/mol. The fraction of sp³-hybridized carbons (Fsp3) is 0.538. The Kier molecular flexibility index (Phi) is 4.07. The van der Waals surface area contributed by atoms with E-state index in [9.17, 15) is 9.59 Å². The fourth-order valence-electron chi connectivity index (χ4n) is 2.13. The van der Waals surface area contributed by atoms with Crippen molar-refractivity contribution >= 4 is 17.5 Å². The van der Waals surface area contributed by atoms with E-state index in [0.29, 0.717) is 10.9 Å². The van der Waals surface area contributed by atoms with Crippen molar-refractivity contribution < 1.29 is 4.79 Å². The van der Waals surface area contributed by atoms with Gasteiger partial charge in [-0.2, -0.15) is 0 Å². The molecule has 0 atom stereocenters. The van der Waals surface area contributed by atoms with Crippen LogP contribution in [0.4, 0.5) is 0 Å². The zero-order valence-corrected chi connectivity index (χ0v) is 11.2. The quantitative estimate of drug-likeness (QED) is 0.820. The highest BCUT2D eigenvalue weighted by Gasteiger charge is 2.20. The molecule has 4 nitrogen and oxygen atoms in total. The van der Waals surface area contributed by atoms with Crippen molar-refractivity contribution in [2.24, 2.45) is 5.92 Å². The lowest BCUT2D eigenvalue weighted by Gasteiger charge is -2.30. The predicted molar refractivity (Wildman–Crippen MR) is 70.7 cm³/mol. The summed E-state index contributed by atoms with van der Waals surface area (Å²) in [5.74, 6) is 0.675. The van der Waals surface area contributed by atoms with Crippen LogP contribution in [0.5, 0.6) is 0 Å². The molecule has 1 aromatic heterocycles. The summed E-state index contributed by atoms with van der Waals surface area (Å²) < 4.78 is 1.36. The minimum atomic E-state index is -0.196. The molecule has 5 heteroatoms. The molecule has 2 rings (SSSR count). The second kappa shape index (κ2) is 5.57. The molecule has 1 aliphatic heterocycles. The van der Waals surface area contributed by atoms with Crippen LogP contribution in [-0.2, 0) is 11.3 Å². The molecule has 1 saturated heterocycles. The maximum absolute atomic E-state index is 12.1. The van der Waals surface area contributed by atoms with Gasteiger partial charge in [0, 0.05) is 25.4 Å². The summed E-state index contributed by atoms with van der Waals surface area (Å²) in [7, 11) is 0. The van der Waals surface area contributed by atoms with Gasteiger partial charge in [0.05, 0.1) is 5.02 Å². The van der Waals surface area contributed by atoms with Crippen LogP contribution >= 0.6 is 11.6 Å². The number of carbonyl (C=O) groups excluding carboxylic acids is 1. The molecule has 18 heavy (non-hydrogen) atoms. The van der Waals surface area contributed by atoms with Crippen molar-refractivity contribution in [2.45, 2.75) is 26.3 Å². The van der Waals surface area contributed by atoms with Crippen molar-refractivity contribution in [3.8, 4) is 0 Å². The molecule has 0 bridgehead atoms. The molecular formula is C13H17ClN2O2. The maximum Gasteiger partial charge on any atom is 0.251 e. The van der Waals surface area contributed by atoms with Gasteiger partial charge in [0.25, 0.3) is 5.56 Å². The van der Waals surface area contributed by atoms with Gasteiger partial charge in [-0.1, -0.05) is 18.5 Å². The third-order valence-electron chi connectivity index (χ3n) is 3.39. The summed E-state index contributed by atoms with van der Waals surface area (Å²) in [5.41, 5.74) is -0.196. The van der Waals surface area contributed by atoms with Crippen molar-refractivity contribution in [1.82, 2.24) is 9.47 Å². The first-order valence-electron chi connectivity index (χ1n) is 6.20. The second-order valence-electron chi connectivity index (χ2n) is 4.88. The van der Waals surface area contributed by atoms with Gasteiger partial charge in [0.1, 0.15) is 6.54 Å². The lowest BCUT2D eigenvalue weighted by atomic mass is 9.99. The molecule has 98 valence electrons. The van der Waals surface area contributed by atoms with Gasteiger partial charge in [-0.3, -0.25) is 9.59 Å². The Labute approximate surface area is 111 Å². The van der Waals surface area contributed by atoms with Crippen molar-refractivity contribution in [3.63, 3.8) is 0 Å². The minimum Gasteiger partial charge on any atom is -0.341 e. The topological polar surface area (TPSA) is 42.3 Å². The zero-order valence-electron chi connectivity index (χ0n) is 10.4. The molecule has 2 heterocycles. The third kappa shape index (κ3) is 3.13. The summed E-state index contributed by atoms with van der Waals surface area (Å²) >= 11 is 5.82. The minimum absolute atomic E-state index is 0.00809. The SMILES string of the molecule is CC1CCN(C(=O)Cn2cc(Cl)ccc2=O)CC1. The molecule has 0 unspecified atom stereocenters. The number of amides is 1. The monoisotopic (exact) mass is 268 g/mol. The number of nitrogens with zero attached hydrogens (tertiary/aromatic N) is 2. The number of halogens is 1. The van der Waals surface area contributed by atoms with E-state index in [0.717, 1.165) is 25.9 Å². The highest BCUT2D eigenvalue weighted by Crippen LogP contribution is 2.16. The van der Waals surface area contributed by atoms with Gasteiger partial charge in [-0.25, -0.2) is 0 Å². The Bertz CT molecular complexity index is 490. The Hall–Kier alpha value is -1.29. The fourth-order valence-corrected chi connectivity index (χ4v) is 2.31. The number of pyridine rings is 1. The highest BCUT2D eigenvalue weighted by atomic mass is 35.5. The summed E-state index contributed by atoms with van der Waals surface area (Å²) in [4.78, 5) is 25.5. The van der Waals surface area contributed by atoms with Gasteiger partial charge >= 0.3 is 0 Å². The highest BCUT2D eigenvalue weighted by molar-refractivity contribution is 6.30. The van der Waals surface area contributed by atoms with E-state index < -0.39 is 0 Å². The van der Waals surface area contributed by atoms with E-state index in [4.69, 9.17) is 11.6 Å². The maximum atomic E-state index is 12.1. The van der Waals surface area contributed by atoms with Crippen molar-refractivity contribution in [2.75, 3.05) is 13.1 Å². The average molecular weight is 269 g/mol. The average Bonchev–Trinajstić information content (AvgIpc) is 2.34. The van der Waals surface area contributed by atoms with Gasteiger partial charge in [0.15, 0.2) is 0 Å². The van der Waals surface area contributed by atoms with Crippen LogP contribution in [0.25, 0.3) is 0 Å². The Morgan fingerprint density at radius 3 is 2.72 bits per heavy atom. The first-order valence-corrected chi connectivity index (χ1v) is 6.58. The van der Waals surface area contributed by atoms with Crippen LogP contribution in [-0.4, -0.2) is 28.5 Å². The molecule has 0 saturated carbocycles. The molecule has 0 radical (unpaired) electrons. The van der Waals surface area contributed by atoms with Crippen LogP contribution < -0.4 is 5.56 Å². The first-order chi connectivity index (χ1) is 8.56. The molecule has 1 aliphatic rings. The van der Waals surface area contributed by atoms with Gasteiger partial charge in [-0.05, 0) is 24.8 Å². The molecule has 0 N–H and O–H groups in total. The third-order valence-corrected chi connectivity index (χ3v) is 3.61. The number of piperidine rings is 1. The van der Waals surface area contributed by atoms with E-state index in [-0.39, 0.29) is 18.0 Å². The van der Waals surface area contributed by atoms with E-state index in [1.165, 1.54) is 22.9 Å². The molecule has 1 aromatic rings. The van der Waals surface area contributed by atoms with Crippen LogP contribution in [0.15, 0.2) is 23.1 Å². The number of rotatable bonds is 2. The van der Waals surface area contributed by atoms with E-state index in [1.54, 1.807) is 0 Å². The largest absolute Gasteiger partial charge is 0.341 e. The lowest BCUT2D eigenvalue weighted by Crippen LogP contribution is -2.41. The number of likely N-dealkylation sites (tertiary alicyclic amines) is 1. The van der Waals surface area contributed by atoms with Crippen LogP contribution in [0.3, 0.4) is 0 Å². The molecule has 0 aromatic carbocycles. The molecule has 1 amide bonds. The molecule has 0 aliphatic carbocycles. The molecule has 0 spiro atoms. The standard InChI is InChI=1S/C13H17ClN2O2/c1-10-4-6-15(7-5-10)13(18)9-16-8-11(14)2-3-12(16)17/h2-3,8,10H,4-7,9H2,1H3. The number of carbonyl (C=O) groups is 1. The van der Waals surface area contributed by atoms with E-state index in [1.807, 2.05) is 4.90 Å². The zero-order chi connectivity index (χ0) is 13.1. The molecule has 1 fully saturated rings. The number of aromatic nitrogens is 1. The number of hydrogen-bond acceptors (Lipinski definition) is 2. The smallest absolute Gasteiger partial charge is 0.251 e. The predicted octanol–water partition coefficient (Wildman–Crippen LogP) is 1.76. The van der Waals surface area contributed by atoms with Crippen molar-refractivity contribution in [1.29, 1.82) is 0 Å². The first kappa shape index (κ1) is 13.1. The number of hydrogen-bond donors (Lipinski definition) is 0. The van der Waals surface area contributed by atoms with Crippen LogP contribution in [0.2, 0.25) is 5.02 Å². The normalized spacial score (nSPS) is 16.9. The van der Waals surface area contributed by atoms with E-state index in [2.05, 4.69) is 6.92 Å². The van der Waals surface area contributed by atoms with Crippen LogP contribution in [0, 0.1) is 5.92 Å². The summed E-state index contributed by atoms with van der Waals surface area (Å²) in [6.07, 6.45) is 3.58. The second-order valence-corrected chi connectivity index (χ2v) is 5.31. The van der Waals surface area contributed by atoms with Gasteiger partial charge < -0.3 is 9.47 Å².